The summed E-state index contributed by atoms with van der Waals surface area (Å²) in [7, 11) is 0. The number of hydrogen-bond acceptors (Lipinski definition) is 6. The van der Waals surface area contributed by atoms with Gasteiger partial charge in [0, 0.05) is 56.2 Å². The molecule has 0 atom stereocenters. The van der Waals surface area contributed by atoms with E-state index in [0.717, 1.165) is 0 Å². The van der Waals surface area contributed by atoms with Crippen LogP contribution in [0, 0.1) is 13.8 Å². The summed E-state index contributed by atoms with van der Waals surface area (Å²) in [6.07, 6.45) is 2.92. The van der Waals surface area contributed by atoms with Crippen LogP contribution in [0.2, 0.25) is 0 Å². The molecule has 0 saturated carbocycles. The Hall–Kier alpha value is -3.28. The van der Waals surface area contributed by atoms with Gasteiger partial charge in [-0.2, -0.15) is 0 Å². The maximum absolute atomic E-state index is 12.6. The molecular weight excluding hydrogens is 308 g/mol. The monoisotopic (exact) mass is 316 g/mol. The van der Waals surface area contributed by atoms with Crippen LogP contribution in [-0.2, 0) is 0 Å². The molecule has 2 aliphatic rings. The topological polar surface area (TPSA) is 93.0 Å². The van der Waals surface area contributed by atoms with E-state index in [9.17, 15) is 19.2 Å². The molecular formula is C18H8N2O4. The van der Waals surface area contributed by atoms with E-state index in [4.69, 9.17) is 0 Å². The van der Waals surface area contributed by atoms with E-state index in [-0.39, 0.29) is 21.9 Å². The molecule has 2 heterocycles. The molecule has 0 N–H and O–H groups in total. The molecule has 0 aliphatic carbocycles. The van der Waals surface area contributed by atoms with Gasteiger partial charge >= 0.3 is 0 Å². The van der Waals surface area contributed by atoms with E-state index in [2.05, 4.69) is 9.98 Å². The van der Waals surface area contributed by atoms with Crippen molar-refractivity contribution in [2.24, 2.45) is 9.98 Å². The van der Waals surface area contributed by atoms with Crippen LogP contribution < -0.4 is 21.7 Å². The summed E-state index contributed by atoms with van der Waals surface area (Å²) in [5.41, 5.74) is -0.248. The van der Waals surface area contributed by atoms with E-state index in [1.165, 1.54) is 12.4 Å². The molecule has 0 fully saturated rings. The predicted molar refractivity (Wildman–Crippen MR) is 92.9 cm³/mol. The third-order valence-corrected chi connectivity index (χ3v) is 4.95. The van der Waals surface area contributed by atoms with Gasteiger partial charge in [-0.3, -0.25) is 29.2 Å². The summed E-state index contributed by atoms with van der Waals surface area (Å²) < 4.78 is 0. The fourth-order valence-corrected chi connectivity index (χ4v) is 3.75. The third kappa shape index (κ3) is 1.18. The van der Waals surface area contributed by atoms with Crippen molar-refractivity contribution in [1.82, 2.24) is 0 Å². The molecule has 0 spiro atoms. The largest absolute Gasteiger partial charge is 0.285 e. The summed E-state index contributed by atoms with van der Waals surface area (Å²) in [5.74, 6) is 0. The lowest BCUT2D eigenvalue weighted by molar-refractivity contribution is 1.35. The first-order chi connectivity index (χ1) is 11.4. The second-order valence-corrected chi connectivity index (χ2v) is 6.11. The molecule has 114 valence electrons. The maximum atomic E-state index is 12.6. The van der Waals surface area contributed by atoms with Crippen LogP contribution in [0.15, 0.2) is 29.2 Å². The summed E-state index contributed by atoms with van der Waals surface area (Å²) in [5, 5.41) is 1.42. The minimum Gasteiger partial charge on any atom is -0.285 e. The van der Waals surface area contributed by atoms with Crippen molar-refractivity contribution >= 4 is 45.3 Å². The van der Waals surface area contributed by atoms with Crippen molar-refractivity contribution in [2.75, 3.05) is 0 Å². The van der Waals surface area contributed by atoms with Gasteiger partial charge in [-0.25, -0.2) is 0 Å². The zero-order valence-corrected chi connectivity index (χ0v) is 12.7. The predicted octanol–water partition coefficient (Wildman–Crippen LogP) is 1.05. The fraction of sp³-hybridized carbons (Fsp3) is 0.111. The second-order valence-electron chi connectivity index (χ2n) is 6.11. The van der Waals surface area contributed by atoms with E-state index < -0.39 is 21.7 Å². The SMILES string of the molecule is Cc1c2c3c(c4c(=O)c(=O)c(C)c5c4c(c3c(=O)c1=O)C=N5)C=N2. The van der Waals surface area contributed by atoms with Gasteiger partial charge in [0.2, 0.25) is 21.7 Å². The van der Waals surface area contributed by atoms with Crippen molar-refractivity contribution in [3.05, 3.63) is 63.1 Å². The molecule has 5 rings (SSSR count). The van der Waals surface area contributed by atoms with E-state index in [0.29, 0.717) is 33.3 Å². The molecule has 0 radical (unpaired) electrons. The molecule has 6 heteroatoms. The first-order valence-corrected chi connectivity index (χ1v) is 7.36. The molecule has 3 aromatic carbocycles. The number of benzene rings is 3. The van der Waals surface area contributed by atoms with Crippen LogP contribution >= 0.6 is 0 Å². The van der Waals surface area contributed by atoms with Gasteiger partial charge in [-0.1, -0.05) is 0 Å². The van der Waals surface area contributed by atoms with Crippen LogP contribution in [0.5, 0.6) is 0 Å². The number of fused-ring (bicyclic) bond motifs is 2. The molecule has 2 aliphatic heterocycles. The van der Waals surface area contributed by atoms with Gasteiger partial charge in [0.15, 0.2) is 0 Å². The minimum absolute atomic E-state index is 0.237. The summed E-state index contributed by atoms with van der Waals surface area (Å²) in [6.45, 7) is 3.08. The highest BCUT2D eigenvalue weighted by Crippen LogP contribution is 2.43. The Balaban J connectivity index is 2.32. The average molecular weight is 316 g/mol. The van der Waals surface area contributed by atoms with Crippen molar-refractivity contribution in [3.63, 3.8) is 0 Å². The molecule has 0 aromatic heterocycles. The van der Waals surface area contributed by atoms with Crippen LogP contribution in [0.25, 0.3) is 21.5 Å². The molecule has 0 saturated heterocycles. The molecule has 0 amide bonds. The highest BCUT2D eigenvalue weighted by molar-refractivity contribution is 6.30. The Morgan fingerprint density at radius 1 is 0.583 bits per heavy atom. The molecule has 24 heavy (non-hydrogen) atoms. The lowest BCUT2D eigenvalue weighted by atomic mass is 9.90. The van der Waals surface area contributed by atoms with Gasteiger partial charge in [-0.15, -0.1) is 0 Å². The smallest absolute Gasteiger partial charge is 0.234 e. The van der Waals surface area contributed by atoms with Crippen LogP contribution in [0.4, 0.5) is 11.4 Å². The van der Waals surface area contributed by atoms with Crippen molar-refractivity contribution in [1.29, 1.82) is 0 Å². The highest BCUT2D eigenvalue weighted by atomic mass is 16.2. The maximum Gasteiger partial charge on any atom is 0.234 e. The Bertz CT molecular complexity index is 1320. The van der Waals surface area contributed by atoms with Crippen LogP contribution in [-0.4, -0.2) is 12.4 Å². The van der Waals surface area contributed by atoms with Gasteiger partial charge in [0.25, 0.3) is 0 Å². The minimum atomic E-state index is -0.620. The lowest BCUT2D eigenvalue weighted by Gasteiger charge is -2.09. The average Bonchev–Trinajstić information content (AvgIpc) is 3.18. The highest BCUT2D eigenvalue weighted by Gasteiger charge is 2.30. The molecule has 0 bridgehead atoms. The molecule has 0 unspecified atom stereocenters. The van der Waals surface area contributed by atoms with Crippen LogP contribution in [0.3, 0.4) is 0 Å². The zero-order valence-electron chi connectivity index (χ0n) is 12.7. The van der Waals surface area contributed by atoms with Gasteiger partial charge < -0.3 is 0 Å². The Labute approximate surface area is 133 Å². The second kappa shape index (κ2) is 3.79. The summed E-state index contributed by atoms with van der Waals surface area (Å²) in [4.78, 5) is 58.2. The molecule has 3 aromatic rings. The van der Waals surface area contributed by atoms with Gasteiger partial charge in [0.1, 0.15) is 0 Å². The van der Waals surface area contributed by atoms with Crippen molar-refractivity contribution in [3.8, 4) is 0 Å². The van der Waals surface area contributed by atoms with Gasteiger partial charge in [-0.05, 0) is 13.8 Å². The Kier molecular flexibility index (Phi) is 2.08. The summed E-state index contributed by atoms with van der Waals surface area (Å²) >= 11 is 0. The third-order valence-electron chi connectivity index (χ3n) is 4.95. The van der Waals surface area contributed by atoms with Crippen molar-refractivity contribution in [2.45, 2.75) is 13.8 Å². The first-order valence-electron chi connectivity index (χ1n) is 7.36. The van der Waals surface area contributed by atoms with E-state index >= 15 is 0 Å². The standard InChI is InChI=1S/C18H8N2O4/c1-5-13-9-7(3-19-13)12-10-8(11(9)17(23)15(5)21)4-20-14(10)6(2)16(22)18(12)24/h3-4H,1-2H3. The Morgan fingerprint density at radius 2 is 0.958 bits per heavy atom. The van der Waals surface area contributed by atoms with E-state index in [1.54, 1.807) is 13.8 Å². The number of rotatable bonds is 0. The quantitative estimate of drug-likeness (QED) is 0.315. The number of aliphatic imine (C=N–C) groups is 2. The van der Waals surface area contributed by atoms with Gasteiger partial charge in [0.05, 0.1) is 11.4 Å². The summed E-state index contributed by atoms with van der Waals surface area (Å²) in [6, 6.07) is 0. The van der Waals surface area contributed by atoms with E-state index in [1.807, 2.05) is 0 Å². The fourth-order valence-electron chi connectivity index (χ4n) is 3.75. The zero-order chi connectivity index (χ0) is 16.9. The number of nitrogens with zero attached hydrogens (tertiary/aromatic N) is 2. The normalized spacial score (nSPS) is 13.8. The lowest BCUT2D eigenvalue weighted by Crippen LogP contribution is -2.29. The van der Waals surface area contributed by atoms with Crippen LogP contribution in [0.1, 0.15) is 22.3 Å². The van der Waals surface area contributed by atoms with Crippen molar-refractivity contribution < 1.29 is 0 Å². The molecule has 6 nitrogen and oxygen atoms in total. The number of hydrogen-bond donors (Lipinski definition) is 0. The first kappa shape index (κ1) is 13.2. The Morgan fingerprint density at radius 3 is 1.33 bits per heavy atom.